The highest BCUT2D eigenvalue weighted by molar-refractivity contribution is 5.98. The van der Waals surface area contributed by atoms with Crippen LogP contribution in [0.15, 0.2) is 35.4 Å². The van der Waals surface area contributed by atoms with E-state index in [-0.39, 0.29) is 5.84 Å². The van der Waals surface area contributed by atoms with Crippen LogP contribution in [0.5, 0.6) is 0 Å². The molecule has 0 aliphatic rings. The summed E-state index contributed by atoms with van der Waals surface area (Å²) in [5.74, 6) is -0.194. The van der Waals surface area contributed by atoms with Crippen molar-refractivity contribution in [1.82, 2.24) is 10.3 Å². The lowest BCUT2D eigenvalue weighted by molar-refractivity contribution is -0.131. The standard InChI is InChI=1S/C16H24N4O3/c1-11(18-15(22)23-16(2,3)4)14(21)20(5)19-13(17)12-9-7-6-8-10-12/h6-11H,1-5H3,(H2,17,19)(H,18,22)/t11-/m0/s1. The minimum absolute atomic E-state index is 0.214. The third kappa shape index (κ3) is 6.37. The topological polar surface area (TPSA) is 97.0 Å². The highest BCUT2D eigenvalue weighted by Crippen LogP contribution is 2.07. The van der Waals surface area contributed by atoms with Crippen LogP contribution in [-0.2, 0) is 9.53 Å². The minimum Gasteiger partial charge on any atom is -0.444 e. The maximum Gasteiger partial charge on any atom is 0.408 e. The maximum atomic E-state index is 12.2. The smallest absolute Gasteiger partial charge is 0.408 e. The number of nitrogens with two attached hydrogens (primary N) is 1. The SMILES string of the molecule is C[C@H](NC(=O)OC(C)(C)C)C(=O)N(C)/N=C(\N)c1ccccc1. The fourth-order valence-corrected chi connectivity index (χ4v) is 1.70. The van der Waals surface area contributed by atoms with Gasteiger partial charge in [0.1, 0.15) is 11.6 Å². The number of hydrogen-bond donors (Lipinski definition) is 2. The Morgan fingerprint density at radius 2 is 1.83 bits per heavy atom. The molecule has 2 amide bonds. The second-order valence-electron chi connectivity index (χ2n) is 6.08. The Morgan fingerprint density at radius 3 is 2.35 bits per heavy atom. The first-order valence-electron chi connectivity index (χ1n) is 7.26. The molecule has 3 N–H and O–H groups in total. The molecule has 1 atom stereocenters. The Balaban J connectivity index is 2.67. The Morgan fingerprint density at radius 1 is 1.26 bits per heavy atom. The molecule has 0 aliphatic heterocycles. The van der Waals surface area contributed by atoms with E-state index in [9.17, 15) is 9.59 Å². The number of nitrogens with zero attached hydrogens (tertiary/aromatic N) is 2. The van der Waals surface area contributed by atoms with E-state index in [1.54, 1.807) is 39.8 Å². The van der Waals surface area contributed by atoms with E-state index in [4.69, 9.17) is 10.5 Å². The van der Waals surface area contributed by atoms with Gasteiger partial charge in [0.05, 0.1) is 0 Å². The van der Waals surface area contributed by atoms with Gasteiger partial charge in [0.2, 0.25) is 0 Å². The first-order chi connectivity index (χ1) is 10.6. The number of ether oxygens (including phenoxy) is 1. The van der Waals surface area contributed by atoms with Crippen molar-refractivity contribution in [2.75, 3.05) is 7.05 Å². The third-order valence-corrected chi connectivity index (χ3v) is 2.75. The lowest BCUT2D eigenvalue weighted by atomic mass is 10.2. The number of amides is 2. The van der Waals surface area contributed by atoms with Crippen molar-refractivity contribution in [1.29, 1.82) is 0 Å². The van der Waals surface area contributed by atoms with E-state index in [1.165, 1.54) is 7.05 Å². The van der Waals surface area contributed by atoms with Gasteiger partial charge in [-0.3, -0.25) is 4.79 Å². The van der Waals surface area contributed by atoms with E-state index in [1.807, 2.05) is 18.2 Å². The second kappa shape index (κ2) is 7.62. The first kappa shape index (κ1) is 18.5. The first-order valence-corrected chi connectivity index (χ1v) is 7.26. The molecule has 23 heavy (non-hydrogen) atoms. The number of amidine groups is 1. The molecular formula is C16H24N4O3. The molecule has 0 heterocycles. The second-order valence-corrected chi connectivity index (χ2v) is 6.08. The molecule has 7 nitrogen and oxygen atoms in total. The van der Waals surface area contributed by atoms with Crippen molar-refractivity contribution < 1.29 is 14.3 Å². The third-order valence-electron chi connectivity index (χ3n) is 2.75. The van der Waals surface area contributed by atoms with Gasteiger partial charge in [-0.2, -0.15) is 5.10 Å². The Kier molecular flexibility index (Phi) is 6.12. The number of alkyl carbamates (subject to hydrolysis) is 1. The van der Waals surface area contributed by atoms with Gasteiger partial charge in [-0.25, -0.2) is 9.80 Å². The molecule has 126 valence electrons. The lowest BCUT2D eigenvalue weighted by Gasteiger charge is -2.23. The van der Waals surface area contributed by atoms with Crippen molar-refractivity contribution >= 4 is 17.8 Å². The van der Waals surface area contributed by atoms with Crippen LogP contribution in [0.1, 0.15) is 33.3 Å². The summed E-state index contributed by atoms with van der Waals surface area (Å²) in [6, 6.07) is 8.30. The number of carbonyl (C=O) groups is 2. The van der Waals surface area contributed by atoms with E-state index >= 15 is 0 Å². The summed E-state index contributed by atoms with van der Waals surface area (Å²) in [5.41, 5.74) is 5.94. The summed E-state index contributed by atoms with van der Waals surface area (Å²) in [4.78, 5) is 23.9. The summed E-state index contributed by atoms with van der Waals surface area (Å²) in [6.45, 7) is 6.79. The summed E-state index contributed by atoms with van der Waals surface area (Å²) in [5, 5.41) is 7.61. The predicted molar refractivity (Wildman–Crippen MR) is 88.8 cm³/mol. The van der Waals surface area contributed by atoms with Crippen LogP contribution in [0, 0.1) is 0 Å². The molecule has 0 aliphatic carbocycles. The Bertz CT molecular complexity index is 579. The van der Waals surface area contributed by atoms with Gasteiger partial charge >= 0.3 is 6.09 Å². The van der Waals surface area contributed by atoms with Gasteiger partial charge in [0, 0.05) is 12.6 Å². The zero-order valence-electron chi connectivity index (χ0n) is 14.2. The minimum atomic E-state index is -0.790. The van der Waals surface area contributed by atoms with E-state index < -0.39 is 23.6 Å². The fourth-order valence-electron chi connectivity index (χ4n) is 1.70. The summed E-state index contributed by atoms with van der Waals surface area (Å²) >= 11 is 0. The van der Waals surface area contributed by atoms with Crippen molar-refractivity contribution in [3.63, 3.8) is 0 Å². The largest absolute Gasteiger partial charge is 0.444 e. The molecule has 7 heteroatoms. The monoisotopic (exact) mass is 320 g/mol. The molecule has 1 aromatic rings. The number of rotatable bonds is 4. The molecule has 0 unspecified atom stereocenters. The number of hydrazone groups is 1. The van der Waals surface area contributed by atoms with Gasteiger partial charge < -0.3 is 15.8 Å². The average molecular weight is 320 g/mol. The normalized spacial score (nSPS) is 13.2. The van der Waals surface area contributed by atoms with Crippen LogP contribution in [0.2, 0.25) is 0 Å². The van der Waals surface area contributed by atoms with Crippen molar-refractivity contribution in [3.05, 3.63) is 35.9 Å². The van der Waals surface area contributed by atoms with E-state index in [0.29, 0.717) is 5.56 Å². The highest BCUT2D eigenvalue weighted by atomic mass is 16.6. The number of benzene rings is 1. The van der Waals surface area contributed by atoms with Gasteiger partial charge in [0.25, 0.3) is 5.91 Å². The molecule has 1 aromatic carbocycles. The van der Waals surface area contributed by atoms with Crippen LogP contribution < -0.4 is 11.1 Å². The number of hydrogen-bond acceptors (Lipinski definition) is 4. The maximum absolute atomic E-state index is 12.2. The highest BCUT2D eigenvalue weighted by Gasteiger charge is 2.23. The fraction of sp³-hybridized carbons (Fsp3) is 0.438. The molecule has 0 saturated heterocycles. The summed E-state index contributed by atoms with van der Waals surface area (Å²) in [6.07, 6.45) is -0.660. The zero-order valence-corrected chi connectivity index (χ0v) is 14.2. The van der Waals surface area contributed by atoms with Gasteiger partial charge in [-0.15, -0.1) is 0 Å². The molecule has 0 aromatic heterocycles. The van der Waals surface area contributed by atoms with E-state index in [2.05, 4.69) is 10.4 Å². The molecule has 0 saturated carbocycles. The molecule has 0 bridgehead atoms. The molecule has 0 fully saturated rings. The predicted octanol–water partition coefficient (Wildman–Crippen LogP) is 1.68. The summed E-state index contributed by atoms with van der Waals surface area (Å²) in [7, 11) is 1.48. The van der Waals surface area contributed by atoms with Crippen LogP contribution in [0.3, 0.4) is 0 Å². The number of carbonyl (C=O) groups excluding carboxylic acids is 2. The van der Waals surface area contributed by atoms with Crippen molar-refractivity contribution in [2.24, 2.45) is 10.8 Å². The van der Waals surface area contributed by atoms with Gasteiger partial charge in [-0.1, -0.05) is 30.3 Å². The quantitative estimate of drug-likeness (QED) is 0.501. The number of nitrogens with one attached hydrogen (secondary N) is 1. The lowest BCUT2D eigenvalue weighted by Crippen LogP contribution is -2.46. The zero-order chi connectivity index (χ0) is 17.6. The van der Waals surface area contributed by atoms with Crippen LogP contribution in [-0.4, -0.2) is 41.5 Å². The van der Waals surface area contributed by atoms with Gasteiger partial charge in [0.15, 0.2) is 5.84 Å². The Hall–Kier alpha value is -2.57. The Labute approximate surface area is 136 Å². The molecule has 0 radical (unpaired) electrons. The van der Waals surface area contributed by atoms with Crippen molar-refractivity contribution in [3.8, 4) is 0 Å². The van der Waals surface area contributed by atoms with Crippen LogP contribution >= 0.6 is 0 Å². The molecule has 1 rings (SSSR count). The molecular weight excluding hydrogens is 296 g/mol. The van der Waals surface area contributed by atoms with Crippen LogP contribution in [0.4, 0.5) is 4.79 Å². The van der Waals surface area contributed by atoms with E-state index in [0.717, 1.165) is 5.01 Å². The van der Waals surface area contributed by atoms with Crippen molar-refractivity contribution in [2.45, 2.75) is 39.3 Å². The van der Waals surface area contributed by atoms with Gasteiger partial charge in [-0.05, 0) is 27.7 Å². The molecule has 0 spiro atoms. The summed E-state index contributed by atoms with van der Waals surface area (Å²) < 4.78 is 5.11. The number of likely N-dealkylation sites (N-methyl/N-ethyl adjacent to an activating group) is 1. The average Bonchev–Trinajstić information content (AvgIpc) is 2.45. The van der Waals surface area contributed by atoms with Crippen LogP contribution in [0.25, 0.3) is 0 Å².